The smallest absolute Gasteiger partial charge is 0.319 e. The van der Waals surface area contributed by atoms with Gasteiger partial charge in [0, 0.05) is 6.04 Å². The van der Waals surface area contributed by atoms with E-state index in [1.165, 1.54) is 12.8 Å². The first-order valence-electron chi connectivity index (χ1n) is 6.02. The van der Waals surface area contributed by atoms with Crippen molar-refractivity contribution in [1.29, 1.82) is 0 Å². The van der Waals surface area contributed by atoms with Crippen LogP contribution in [0, 0.1) is 6.92 Å². The molecule has 0 aliphatic heterocycles. The van der Waals surface area contributed by atoms with Gasteiger partial charge in [0.25, 0.3) is 0 Å². The van der Waals surface area contributed by atoms with Crippen LogP contribution < -0.4 is 10.6 Å². The number of benzene rings is 1. The number of anilines is 1. The van der Waals surface area contributed by atoms with Crippen molar-refractivity contribution in [3.63, 3.8) is 0 Å². The second kappa shape index (κ2) is 5.08. The van der Waals surface area contributed by atoms with Gasteiger partial charge in [0.15, 0.2) is 0 Å². The Morgan fingerprint density at radius 1 is 1.35 bits per heavy atom. The molecule has 0 aromatic heterocycles. The summed E-state index contributed by atoms with van der Waals surface area (Å²) in [6.07, 6.45) is 4.46. The monoisotopic (exact) mass is 234 g/mol. The zero-order chi connectivity index (χ0) is 12.3. The second-order valence-corrected chi connectivity index (χ2v) is 4.60. The van der Waals surface area contributed by atoms with Crippen molar-refractivity contribution in [2.75, 3.05) is 5.32 Å². The Balaban J connectivity index is 1.93. The molecule has 4 nitrogen and oxygen atoms in total. The summed E-state index contributed by atoms with van der Waals surface area (Å²) < 4.78 is 0. The summed E-state index contributed by atoms with van der Waals surface area (Å²) in [7, 11) is 0. The van der Waals surface area contributed by atoms with Crippen molar-refractivity contribution in [3.8, 4) is 5.75 Å². The van der Waals surface area contributed by atoms with Crippen LogP contribution in [0.4, 0.5) is 10.5 Å². The largest absolute Gasteiger partial charge is 0.506 e. The number of aryl methyl sites for hydroxylation is 1. The number of nitrogens with one attached hydrogen (secondary N) is 2. The Morgan fingerprint density at radius 2 is 2.06 bits per heavy atom. The maximum absolute atomic E-state index is 11.7. The van der Waals surface area contributed by atoms with Crippen LogP contribution in [0.1, 0.15) is 31.2 Å². The van der Waals surface area contributed by atoms with Gasteiger partial charge in [-0.1, -0.05) is 18.9 Å². The highest BCUT2D eigenvalue weighted by Crippen LogP contribution is 2.24. The van der Waals surface area contributed by atoms with Crippen molar-refractivity contribution in [3.05, 3.63) is 23.8 Å². The number of amides is 2. The van der Waals surface area contributed by atoms with E-state index < -0.39 is 0 Å². The molecule has 0 unspecified atom stereocenters. The topological polar surface area (TPSA) is 61.4 Å². The lowest BCUT2D eigenvalue weighted by Gasteiger charge is -2.13. The van der Waals surface area contributed by atoms with Crippen molar-refractivity contribution in [2.24, 2.45) is 0 Å². The molecule has 0 spiro atoms. The number of aromatic hydroxyl groups is 1. The molecule has 3 N–H and O–H groups in total. The summed E-state index contributed by atoms with van der Waals surface area (Å²) in [6, 6.07) is 5.23. The van der Waals surface area contributed by atoms with Crippen LogP contribution in [0.25, 0.3) is 0 Å². The van der Waals surface area contributed by atoms with Crippen molar-refractivity contribution in [1.82, 2.24) is 5.32 Å². The van der Waals surface area contributed by atoms with Gasteiger partial charge < -0.3 is 15.7 Å². The Bertz CT molecular complexity index is 412. The molecule has 1 aliphatic rings. The summed E-state index contributed by atoms with van der Waals surface area (Å²) >= 11 is 0. The standard InChI is InChI=1S/C13H18N2O2/c1-9-6-7-11(12(16)8-9)15-13(17)14-10-4-2-3-5-10/h6-8,10,16H,2-5H2,1H3,(H2,14,15,17). The summed E-state index contributed by atoms with van der Waals surface area (Å²) in [4.78, 5) is 11.7. The molecular formula is C13H18N2O2. The number of rotatable bonds is 2. The van der Waals surface area contributed by atoms with Crippen LogP contribution in [0.15, 0.2) is 18.2 Å². The fraction of sp³-hybridized carbons (Fsp3) is 0.462. The first kappa shape index (κ1) is 11.8. The maximum Gasteiger partial charge on any atom is 0.319 e. The van der Waals surface area contributed by atoms with Gasteiger partial charge in [0.2, 0.25) is 0 Å². The first-order chi connectivity index (χ1) is 8.15. The van der Waals surface area contributed by atoms with E-state index in [1.54, 1.807) is 12.1 Å². The van der Waals surface area contributed by atoms with E-state index in [0.29, 0.717) is 5.69 Å². The van der Waals surface area contributed by atoms with Crippen LogP contribution >= 0.6 is 0 Å². The molecule has 1 aromatic carbocycles. The first-order valence-corrected chi connectivity index (χ1v) is 6.02. The van der Waals surface area contributed by atoms with E-state index in [9.17, 15) is 9.90 Å². The minimum absolute atomic E-state index is 0.103. The number of hydrogen-bond acceptors (Lipinski definition) is 2. The Morgan fingerprint density at radius 3 is 2.71 bits per heavy atom. The molecule has 1 fully saturated rings. The molecule has 1 aliphatic carbocycles. The molecule has 1 aromatic rings. The van der Waals surface area contributed by atoms with Gasteiger partial charge in [-0.2, -0.15) is 0 Å². The van der Waals surface area contributed by atoms with Crippen LogP contribution in [0.5, 0.6) is 5.75 Å². The zero-order valence-corrected chi connectivity index (χ0v) is 9.99. The average Bonchev–Trinajstić information content (AvgIpc) is 2.75. The Hall–Kier alpha value is -1.71. The van der Waals surface area contributed by atoms with E-state index in [2.05, 4.69) is 10.6 Å². The highest BCUT2D eigenvalue weighted by molar-refractivity contribution is 5.91. The third-order valence-electron chi connectivity index (χ3n) is 3.09. The quantitative estimate of drug-likeness (QED) is 0.689. The average molecular weight is 234 g/mol. The summed E-state index contributed by atoms with van der Waals surface area (Å²) in [5.41, 5.74) is 1.41. The van der Waals surface area contributed by atoms with E-state index in [4.69, 9.17) is 0 Å². The van der Waals surface area contributed by atoms with Gasteiger partial charge in [-0.15, -0.1) is 0 Å². The normalized spacial score (nSPS) is 15.8. The van der Waals surface area contributed by atoms with Crippen LogP contribution in [-0.4, -0.2) is 17.2 Å². The van der Waals surface area contributed by atoms with E-state index in [-0.39, 0.29) is 17.8 Å². The van der Waals surface area contributed by atoms with Crippen molar-refractivity contribution < 1.29 is 9.90 Å². The van der Waals surface area contributed by atoms with E-state index in [1.807, 2.05) is 13.0 Å². The van der Waals surface area contributed by atoms with Gasteiger partial charge in [0.05, 0.1) is 5.69 Å². The van der Waals surface area contributed by atoms with Crippen LogP contribution in [-0.2, 0) is 0 Å². The number of carbonyl (C=O) groups excluding carboxylic acids is 1. The summed E-state index contributed by atoms with van der Waals surface area (Å²) in [5, 5.41) is 15.2. The molecule has 4 heteroatoms. The molecular weight excluding hydrogens is 216 g/mol. The van der Waals surface area contributed by atoms with Crippen molar-refractivity contribution >= 4 is 11.7 Å². The van der Waals surface area contributed by atoms with Crippen molar-refractivity contribution in [2.45, 2.75) is 38.6 Å². The van der Waals surface area contributed by atoms with E-state index >= 15 is 0 Å². The molecule has 17 heavy (non-hydrogen) atoms. The fourth-order valence-electron chi connectivity index (χ4n) is 2.16. The van der Waals surface area contributed by atoms with E-state index in [0.717, 1.165) is 18.4 Å². The molecule has 1 saturated carbocycles. The highest BCUT2D eigenvalue weighted by atomic mass is 16.3. The zero-order valence-electron chi connectivity index (χ0n) is 9.99. The fourth-order valence-corrected chi connectivity index (χ4v) is 2.16. The van der Waals surface area contributed by atoms with Gasteiger partial charge in [-0.05, 0) is 37.5 Å². The molecule has 2 rings (SSSR count). The third kappa shape index (κ3) is 3.12. The predicted octanol–water partition coefficient (Wildman–Crippen LogP) is 2.76. The van der Waals surface area contributed by atoms with Gasteiger partial charge in [-0.3, -0.25) is 0 Å². The van der Waals surface area contributed by atoms with Crippen LogP contribution in [0.2, 0.25) is 0 Å². The molecule has 2 amide bonds. The molecule has 92 valence electrons. The SMILES string of the molecule is Cc1ccc(NC(=O)NC2CCCC2)c(O)c1. The summed E-state index contributed by atoms with van der Waals surface area (Å²) in [6.45, 7) is 1.89. The molecule has 0 bridgehead atoms. The molecule has 0 radical (unpaired) electrons. The number of urea groups is 1. The minimum Gasteiger partial charge on any atom is -0.506 e. The number of hydrogen-bond donors (Lipinski definition) is 3. The number of phenolic OH excluding ortho intramolecular Hbond substituents is 1. The second-order valence-electron chi connectivity index (χ2n) is 4.60. The number of carbonyl (C=O) groups is 1. The Labute approximate surface area is 101 Å². The maximum atomic E-state index is 11.7. The molecule has 0 heterocycles. The lowest BCUT2D eigenvalue weighted by molar-refractivity contribution is 0.248. The van der Waals surface area contributed by atoms with Crippen LogP contribution in [0.3, 0.4) is 0 Å². The minimum atomic E-state index is -0.240. The van der Waals surface area contributed by atoms with Gasteiger partial charge in [-0.25, -0.2) is 4.79 Å². The lowest BCUT2D eigenvalue weighted by atomic mass is 10.2. The molecule has 0 saturated heterocycles. The number of phenols is 1. The highest BCUT2D eigenvalue weighted by Gasteiger charge is 2.17. The summed E-state index contributed by atoms with van der Waals surface area (Å²) in [5.74, 6) is 0.103. The third-order valence-corrected chi connectivity index (χ3v) is 3.09. The predicted molar refractivity (Wildman–Crippen MR) is 67.3 cm³/mol. The molecule has 0 atom stereocenters. The van der Waals surface area contributed by atoms with Gasteiger partial charge in [0.1, 0.15) is 5.75 Å². The Kier molecular flexibility index (Phi) is 3.52. The lowest BCUT2D eigenvalue weighted by Crippen LogP contribution is -2.36. The van der Waals surface area contributed by atoms with Gasteiger partial charge >= 0.3 is 6.03 Å².